The molecule has 7 heteroatoms. The fourth-order valence-electron chi connectivity index (χ4n) is 5.56. The van der Waals surface area contributed by atoms with Crippen molar-refractivity contribution in [3.63, 3.8) is 0 Å². The van der Waals surface area contributed by atoms with Crippen LogP contribution < -0.4 is 10.1 Å². The zero-order valence-corrected chi connectivity index (χ0v) is 21.5. The number of fused-ring (bicyclic) bond motifs is 3. The zero-order chi connectivity index (χ0) is 24.4. The number of aromatic nitrogens is 1. The molecule has 2 aliphatic rings. The first-order valence-electron chi connectivity index (χ1n) is 12.9. The van der Waals surface area contributed by atoms with Gasteiger partial charge in [-0.2, -0.15) is 0 Å². The molecule has 1 saturated carbocycles. The van der Waals surface area contributed by atoms with Crippen LogP contribution in [0.5, 0.6) is 5.75 Å². The Morgan fingerprint density at radius 1 is 1.14 bits per heavy atom. The van der Waals surface area contributed by atoms with Crippen LogP contribution in [-0.2, 0) is 17.9 Å². The van der Waals surface area contributed by atoms with E-state index in [9.17, 15) is 9.59 Å². The molecule has 3 heterocycles. The highest BCUT2D eigenvalue weighted by Gasteiger charge is 2.48. The van der Waals surface area contributed by atoms with E-state index in [0.29, 0.717) is 25.4 Å². The number of rotatable bonds is 6. The first kappa shape index (κ1) is 23.9. The second-order valence-corrected chi connectivity index (χ2v) is 11.0. The van der Waals surface area contributed by atoms with Crippen LogP contribution in [0.15, 0.2) is 41.8 Å². The van der Waals surface area contributed by atoms with E-state index in [0.717, 1.165) is 47.2 Å². The average molecular weight is 494 g/mol. The third-order valence-corrected chi connectivity index (χ3v) is 8.43. The van der Waals surface area contributed by atoms with E-state index in [1.54, 1.807) is 16.2 Å². The van der Waals surface area contributed by atoms with Crippen LogP contribution in [0.4, 0.5) is 0 Å². The van der Waals surface area contributed by atoms with Gasteiger partial charge in [-0.25, -0.2) is 0 Å². The minimum absolute atomic E-state index is 0.0620. The van der Waals surface area contributed by atoms with Gasteiger partial charge >= 0.3 is 0 Å². The number of para-hydroxylation sites is 1. The van der Waals surface area contributed by atoms with Gasteiger partial charge in [0.05, 0.1) is 29.9 Å². The lowest BCUT2D eigenvalue weighted by Crippen LogP contribution is -2.64. The van der Waals surface area contributed by atoms with E-state index in [1.165, 1.54) is 19.3 Å². The van der Waals surface area contributed by atoms with E-state index < -0.39 is 5.54 Å². The zero-order valence-electron chi connectivity index (χ0n) is 20.7. The Hall–Kier alpha value is -2.80. The first-order valence-corrected chi connectivity index (χ1v) is 13.8. The molecule has 35 heavy (non-hydrogen) atoms. The standard InChI is InChI=1S/C28H35N3O3S/c1-3-34-24-14-10-9-11-20(24)18-31-26(32)23-17-25-22(15-16-35-25)30(23)19-28(31,2)27(33)29-21-12-7-5-4-6-8-13-21/h9-11,14-17,21H,3-8,12-13,18-19H2,1-2H3,(H,29,33)/t28-/m0/s1. The lowest BCUT2D eigenvalue weighted by molar-refractivity contribution is -0.134. The summed E-state index contributed by atoms with van der Waals surface area (Å²) in [4.78, 5) is 29.7. The maximum Gasteiger partial charge on any atom is 0.271 e. The van der Waals surface area contributed by atoms with Gasteiger partial charge in [-0.1, -0.05) is 50.3 Å². The number of nitrogens with one attached hydrogen (secondary N) is 1. The molecule has 1 N–H and O–H groups in total. The molecule has 2 aromatic heterocycles. The van der Waals surface area contributed by atoms with Crippen molar-refractivity contribution in [3.05, 3.63) is 53.0 Å². The maximum atomic E-state index is 14.0. The van der Waals surface area contributed by atoms with Gasteiger partial charge < -0.3 is 19.5 Å². The van der Waals surface area contributed by atoms with Crippen molar-refractivity contribution in [1.29, 1.82) is 0 Å². The van der Waals surface area contributed by atoms with E-state index in [1.807, 2.05) is 60.2 Å². The second-order valence-electron chi connectivity index (χ2n) is 10.0. The lowest BCUT2D eigenvalue weighted by Gasteiger charge is -2.45. The van der Waals surface area contributed by atoms with E-state index in [4.69, 9.17) is 4.74 Å². The second kappa shape index (κ2) is 10.1. The summed E-state index contributed by atoms with van der Waals surface area (Å²) >= 11 is 1.63. The third-order valence-electron chi connectivity index (χ3n) is 7.58. The number of carbonyl (C=O) groups excluding carboxylic acids is 2. The summed E-state index contributed by atoms with van der Waals surface area (Å²) in [6.45, 7) is 5.18. The van der Waals surface area contributed by atoms with E-state index in [-0.39, 0.29) is 17.9 Å². The summed E-state index contributed by atoms with van der Waals surface area (Å²) in [5.41, 5.74) is 1.57. The number of hydrogen-bond donors (Lipinski definition) is 1. The van der Waals surface area contributed by atoms with Gasteiger partial charge in [0.25, 0.3) is 5.91 Å². The topological polar surface area (TPSA) is 63.6 Å². The van der Waals surface area contributed by atoms with Crippen LogP contribution in [0.2, 0.25) is 0 Å². The van der Waals surface area contributed by atoms with Gasteiger partial charge in [0.2, 0.25) is 5.91 Å². The van der Waals surface area contributed by atoms with Crippen molar-refractivity contribution >= 4 is 33.4 Å². The first-order chi connectivity index (χ1) is 17.0. The van der Waals surface area contributed by atoms with Gasteiger partial charge in [0.1, 0.15) is 17.0 Å². The van der Waals surface area contributed by atoms with Gasteiger partial charge in [-0.05, 0) is 50.3 Å². The normalized spacial score (nSPS) is 21.4. The van der Waals surface area contributed by atoms with Crippen LogP contribution in [0, 0.1) is 0 Å². The fourth-order valence-corrected chi connectivity index (χ4v) is 6.39. The van der Waals surface area contributed by atoms with Gasteiger partial charge in [0.15, 0.2) is 0 Å². The van der Waals surface area contributed by atoms with Crippen LogP contribution in [0.1, 0.15) is 74.8 Å². The smallest absolute Gasteiger partial charge is 0.271 e. The molecule has 3 aromatic rings. The number of benzene rings is 1. The van der Waals surface area contributed by atoms with Gasteiger partial charge in [0, 0.05) is 11.6 Å². The number of ether oxygens (including phenoxy) is 1. The molecule has 2 amide bonds. The molecule has 0 saturated heterocycles. The highest BCUT2D eigenvalue weighted by atomic mass is 32.1. The van der Waals surface area contributed by atoms with Gasteiger partial charge in [-0.3, -0.25) is 9.59 Å². The number of amides is 2. The summed E-state index contributed by atoms with van der Waals surface area (Å²) in [6.07, 6.45) is 8.04. The van der Waals surface area contributed by atoms with Crippen molar-refractivity contribution in [2.45, 2.75) is 83.5 Å². The fraction of sp³-hybridized carbons (Fsp3) is 0.500. The molecule has 1 atom stereocenters. The molecular weight excluding hydrogens is 458 g/mol. The van der Waals surface area contributed by atoms with Crippen molar-refractivity contribution in [2.24, 2.45) is 0 Å². The number of hydrogen-bond acceptors (Lipinski definition) is 4. The molecule has 1 aliphatic heterocycles. The van der Waals surface area contributed by atoms with E-state index in [2.05, 4.69) is 5.32 Å². The molecule has 0 unspecified atom stereocenters. The van der Waals surface area contributed by atoms with Crippen molar-refractivity contribution in [2.75, 3.05) is 6.61 Å². The summed E-state index contributed by atoms with van der Waals surface area (Å²) in [5.74, 6) is 0.585. The molecule has 1 aliphatic carbocycles. The van der Waals surface area contributed by atoms with E-state index >= 15 is 0 Å². The Labute approximate surface area is 211 Å². The molecule has 6 nitrogen and oxygen atoms in total. The molecule has 5 rings (SSSR count). The summed E-state index contributed by atoms with van der Waals surface area (Å²) in [6, 6.07) is 12.0. The SMILES string of the molecule is CCOc1ccccc1CN1C(=O)c2cc3sccc3n2C[C@@]1(C)C(=O)NC1CCCCCCC1. The molecule has 186 valence electrons. The Morgan fingerprint density at radius 2 is 1.89 bits per heavy atom. The molecule has 1 aromatic carbocycles. The minimum atomic E-state index is -1.01. The van der Waals surface area contributed by atoms with Gasteiger partial charge in [-0.15, -0.1) is 11.3 Å². The summed E-state index contributed by atoms with van der Waals surface area (Å²) in [7, 11) is 0. The Kier molecular flexibility index (Phi) is 6.87. The van der Waals surface area contributed by atoms with Crippen LogP contribution in [0.3, 0.4) is 0 Å². The summed E-state index contributed by atoms with van der Waals surface area (Å²) in [5, 5.41) is 5.40. The molecule has 0 radical (unpaired) electrons. The van der Waals surface area contributed by atoms with Crippen molar-refractivity contribution < 1.29 is 14.3 Å². The van der Waals surface area contributed by atoms with Crippen molar-refractivity contribution in [1.82, 2.24) is 14.8 Å². The lowest BCUT2D eigenvalue weighted by atomic mass is 9.91. The van der Waals surface area contributed by atoms with Crippen LogP contribution >= 0.6 is 11.3 Å². The predicted molar refractivity (Wildman–Crippen MR) is 140 cm³/mol. The minimum Gasteiger partial charge on any atom is -0.494 e. The predicted octanol–water partition coefficient (Wildman–Crippen LogP) is 5.75. The third kappa shape index (κ3) is 4.58. The molecular formula is C28H35N3O3S. The quantitative estimate of drug-likeness (QED) is 0.476. The van der Waals surface area contributed by atoms with Crippen molar-refractivity contribution in [3.8, 4) is 5.75 Å². The Balaban J connectivity index is 1.51. The highest BCUT2D eigenvalue weighted by Crippen LogP contribution is 2.36. The number of carbonyl (C=O) groups is 2. The Bertz CT molecular complexity index is 1210. The number of thiophene rings is 1. The summed E-state index contributed by atoms with van der Waals surface area (Å²) < 4.78 is 8.97. The number of nitrogens with zero attached hydrogens (tertiary/aromatic N) is 2. The molecule has 0 spiro atoms. The Morgan fingerprint density at radius 3 is 2.66 bits per heavy atom. The van der Waals surface area contributed by atoms with Crippen LogP contribution in [0.25, 0.3) is 10.2 Å². The molecule has 0 bridgehead atoms. The molecule has 1 fully saturated rings. The highest BCUT2D eigenvalue weighted by molar-refractivity contribution is 7.17. The average Bonchev–Trinajstić information content (AvgIpc) is 3.42. The van der Waals surface area contributed by atoms with Crippen LogP contribution in [-0.4, -0.2) is 39.5 Å². The largest absolute Gasteiger partial charge is 0.494 e. The monoisotopic (exact) mass is 493 g/mol. The maximum absolute atomic E-state index is 14.0.